The first-order valence-corrected chi connectivity index (χ1v) is 5.48. The molecule has 2 heterocycles. The van der Waals surface area contributed by atoms with Crippen molar-refractivity contribution in [2.45, 2.75) is 18.9 Å². The summed E-state index contributed by atoms with van der Waals surface area (Å²) in [6.07, 6.45) is 3.62. The predicted molar refractivity (Wildman–Crippen MR) is 63.6 cm³/mol. The zero-order chi connectivity index (χ0) is 11.5. The Morgan fingerprint density at radius 2 is 2.56 bits per heavy atom. The van der Waals surface area contributed by atoms with Crippen LogP contribution in [0.15, 0.2) is 11.1 Å². The summed E-state index contributed by atoms with van der Waals surface area (Å²) in [5, 5.41) is 3.15. The summed E-state index contributed by atoms with van der Waals surface area (Å²) in [6, 6.07) is 0.376. The molecule has 0 amide bonds. The van der Waals surface area contributed by atoms with Crippen LogP contribution in [0.3, 0.4) is 0 Å². The molecule has 4 N–H and O–H groups in total. The summed E-state index contributed by atoms with van der Waals surface area (Å²) < 4.78 is 0. The highest BCUT2D eigenvalue weighted by Crippen LogP contribution is 2.25. The van der Waals surface area contributed by atoms with E-state index in [1.807, 2.05) is 7.05 Å². The van der Waals surface area contributed by atoms with Crippen LogP contribution in [-0.4, -0.2) is 36.1 Å². The number of nitrogens with one attached hydrogen (secondary N) is 2. The average molecular weight is 223 g/mol. The number of nitrogen functional groups attached to an aromatic ring is 1. The van der Waals surface area contributed by atoms with Gasteiger partial charge in [-0.25, -0.2) is 4.98 Å². The van der Waals surface area contributed by atoms with Crippen LogP contribution >= 0.6 is 0 Å². The second-order valence-electron chi connectivity index (χ2n) is 4.02. The second kappa shape index (κ2) is 4.52. The number of hydrogen-bond donors (Lipinski definition) is 3. The summed E-state index contributed by atoms with van der Waals surface area (Å²) in [5.41, 5.74) is 5.70. The van der Waals surface area contributed by atoms with E-state index in [-0.39, 0.29) is 11.2 Å². The first kappa shape index (κ1) is 10.9. The van der Waals surface area contributed by atoms with Crippen molar-refractivity contribution in [2.24, 2.45) is 0 Å². The summed E-state index contributed by atoms with van der Waals surface area (Å²) in [4.78, 5) is 20.2. The molecule has 1 saturated heterocycles. The van der Waals surface area contributed by atoms with Gasteiger partial charge in [-0.15, -0.1) is 0 Å². The lowest BCUT2D eigenvalue weighted by Crippen LogP contribution is -2.38. The van der Waals surface area contributed by atoms with E-state index in [4.69, 9.17) is 5.73 Å². The van der Waals surface area contributed by atoms with E-state index < -0.39 is 0 Å². The molecule has 0 radical (unpaired) electrons. The lowest BCUT2D eigenvalue weighted by Gasteiger charge is -2.26. The van der Waals surface area contributed by atoms with E-state index in [0.29, 0.717) is 11.9 Å². The third kappa shape index (κ3) is 1.88. The van der Waals surface area contributed by atoms with Crippen LogP contribution in [0.2, 0.25) is 0 Å². The molecule has 2 rings (SSSR count). The highest BCUT2D eigenvalue weighted by molar-refractivity contribution is 5.61. The Bertz CT molecular complexity index is 416. The van der Waals surface area contributed by atoms with E-state index in [9.17, 15) is 4.79 Å². The van der Waals surface area contributed by atoms with Crippen molar-refractivity contribution in [1.82, 2.24) is 15.3 Å². The number of rotatable bonds is 3. The van der Waals surface area contributed by atoms with Gasteiger partial charge in [0.2, 0.25) is 0 Å². The van der Waals surface area contributed by atoms with Crippen molar-refractivity contribution < 1.29 is 0 Å². The molecule has 1 aromatic heterocycles. The van der Waals surface area contributed by atoms with Crippen LogP contribution in [0.4, 0.5) is 11.5 Å². The standard InChI is InChI=1S/C10H17N5O/c1-12-5-7-3-2-4-15(7)9-8(11)10(16)14-6-13-9/h6-7,12H,2-5,11H2,1H3,(H,13,14,16). The molecule has 88 valence electrons. The quantitative estimate of drug-likeness (QED) is 0.645. The van der Waals surface area contributed by atoms with E-state index in [0.717, 1.165) is 25.9 Å². The predicted octanol–water partition coefficient (Wildman–Crippen LogP) is -0.460. The smallest absolute Gasteiger partial charge is 0.276 e. The molecule has 6 nitrogen and oxygen atoms in total. The Hall–Kier alpha value is -1.56. The third-order valence-corrected chi connectivity index (χ3v) is 2.96. The van der Waals surface area contributed by atoms with Gasteiger partial charge in [-0.3, -0.25) is 4.79 Å². The van der Waals surface area contributed by atoms with Crippen molar-refractivity contribution in [3.05, 3.63) is 16.7 Å². The number of aromatic amines is 1. The molecule has 1 atom stereocenters. The molecule has 16 heavy (non-hydrogen) atoms. The fourth-order valence-electron chi connectivity index (χ4n) is 2.19. The Morgan fingerprint density at radius 3 is 3.31 bits per heavy atom. The number of hydrogen-bond acceptors (Lipinski definition) is 5. The minimum atomic E-state index is -0.264. The normalized spacial score (nSPS) is 20.3. The Balaban J connectivity index is 2.29. The zero-order valence-electron chi connectivity index (χ0n) is 9.36. The number of aromatic nitrogens is 2. The van der Waals surface area contributed by atoms with Gasteiger partial charge in [0.25, 0.3) is 5.56 Å². The van der Waals surface area contributed by atoms with Crippen LogP contribution in [0.25, 0.3) is 0 Å². The van der Waals surface area contributed by atoms with Gasteiger partial charge < -0.3 is 20.9 Å². The maximum atomic E-state index is 11.4. The van der Waals surface area contributed by atoms with Gasteiger partial charge in [0.1, 0.15) is 5.69 Å². The van der Waals surface area contributed by atoms with Crippen LogP contribution in [-0.2, 0) is 0 Å². The maximum absolute atomic E-state index is 11.4. The molecule has 0 spiro atoms. The van der Waals surface area contributed by atoms with Crippen molar-refractivity contribution in [2.75, 3.05) is 30.8 Å². The number of likely N-dealkylation sites (N-methyl/N-ethyl adjacent to an activating group) is 1. The van der Waals surface area contributed by atoms with Gasteiger partial charge >= 0.3 is 0 Å². The van der Waals surface area contributed by atoms with Crippen molar-refractivity contribution >= 4 is 11.5 Å². The van der Waals surface area contributed by atoms with Crippen LogP contribution < -0.4 is 21.5 Å². The van der Waals surface area contributed by atoms with E-state index in [1.54, 1.807) is 0 Å². The summed E-state index contributed by atoms with van der Waals surface area (Å²) >= 11 is 0. The molecule has 1 fully saturated rings. The highest BCUT2D eigenvalue weighted by Gasteiger charge is 2.26. The minimum Gasteiger partial charge on any atom is -0.391 e. The lowest BCUT2D eigenvalue weighted by molar-refractivity contribution is 0.611. The molecule has 0 saturated carbocycles. The molecule has 1 aromatic rings. The molecule has 0 bridgehead atoms. The molecule has 0 aromatic carbocycles. The number of anilines is 2. The fraction of sp³-hybridized carbons (Fsp3) is 0.600. The fourth-order valence-corrected chi connectivity index (χ4v) is 2.19. The van der Waals surface area contributed by atoms with Gasteiger partial charge in [-0.05, 0) is 19.9 Å². The summed E-state index contributed by atoms with van der Waals surface area (Å²) in [5.74, 6) is 0.613. The van der Waals surface area contributed by atoms with Crippen LogP contribution in [0.1, 0.15) is 12.8 Å². The number of nitrogens with zero attached hydrogens (tertiary/aromatic N) is 2. The molecule has 0 aliphatic carbocycles. The van der Waals surface area contributed by atoms with Gasteiger partial charge in [0, 0.05) is 19.1 Å². The molecule has 1 aliphatic heterocycles. The maximum Gasteiger partial charge on any atom is 0.276 e. The Labute approximate surface area is 93.9 Å². The third-order valence-electron chi connectivity index (χ3n) is 2.96. The first-order valence-electron chi connectivity index (χ1n) is 5.48. The Kier molecular flexibility index (Phi) is 3.09. The molecule has 1 aliphatic rings. The van der Waals surface area contributed by atoms with Gasteiger partial charge in [0.05, 0.1) is 6.33 Å². The first-order chi connectivity index (χ1) is 7.74. The van der Waals surface area contributed by atoms with Crippen molar-refractivity contribution in [1.29, 1.82) is 0 Å². The van der Waals surface area contributed by atoms with Crippen molar-refractivity contribution in [3.8, 4) is 0 Å². The minimum absolute atomic E-state index is 0.213. The monoisotopic (exact) mass is 223 g/mol. The number of H-pyrrole nitrogens is 1. The SMILES string of the molecule is CNCC1CCCN1c1nc[nH]c(=O)c1N. The second-order valence-corrected chi connectivity index (χ2v) is 4.02. The van der Waals surface area contributed by atoms with E-state index >= 15 is 0 Å². The molecular formula is C10H17N5O. The van der Waals surface area contributed by atoms with Crippen LogP contribution in [0, 0.1) is 0 Å². The molecular weight excluding hydrogens is 206 g/mol. The average Bonchev–Trinajstić information content (AvgIpc) is 2.71. The summed E-state index contributed by atoms with van der Waals surface area (Å²) in [7, 11) is 1.92. The molecule has 1 unspecified atom stereocenters. The summed E-state index contributed by atoms with van der Waals surface area (Å²) in [6.45, 7) is 1.79. The number of nitrogens with two attached hydrogens (primary N) is 1. The van der Waals surface area contributed by atoms with Gasteiger partial charge in [-0.2, -0.15) is 0 Å². The van der Waals surface area contributed by atoms with Gasteiger partial charge in [-0.1, -0.05) is 0 Å². The zero-order valence-corrected chi connectivity index (χ0v) is 9.36. The Morgan fingerprint density at radius 1 is 1.75 bits per heavy atom. The van der Waals surface area contributed by atoms with E-state index in [1.165, 1.54) is 6.33 Å². The van der Waals surface area contributed by atoms with Crippen molar-refractivity contribution in [3.63, 3.8) is 0 Å². The van der Waals surface area contributed by atoms with E-state index in [2.05, 4.69) is 20.2 Å². The van der Waals surface area contributed by atoms with Crippen LogP contribution in [0.5, 0.6) is 0 Å². The lowest BCUT2D eigenvalue weighted by atomic mass is 10.2. The molecule has 6 heteroatoms. The largest absolute Gasteiger partial charge is 0.391 e. The topological polar surface area (TPSA) is 87.0 Å². The highest BCUT2D eigenvalue weighted by atomic mass is 16.1. The van der Waals surface area contributed by atoms with Gasteiger partial charge in [0.15, 0.2) is 5.82 Å².